The number of amides is 1. The number of halogens is 1. The summed E-state index contributed by atoms with van der Waals surface area (Å²) in [4.78, 5) is 20.1. The lowest BCUT2D eigenvalue weighted by atomic mass is 10.2. The first kappa shape index (κ1) is 17.7. The maximum Gasteiger partial charge on any atom is 0.259 e. The number of aromatic nitrogens is 3. The predicted molar refractivity (Wildman–Crippen MR) is 98.0 cm³/mol. The summed E-state index contributed by atoms with van der Waals surface area (Å²) in [6.07, 6.45) is 5.90. The van der Waals surface area contributed by atoms with E-state index >= 15 is 0 Å². The van der Waals surface area contributed by atoms with Gasteiger partial charge in [-0.25, -0.2) is 4.98 Å². The summed E-state index contributed by atoms with van der Waals surface area (Å²) in [5, 5.41) is 4.92. The molecule has 0 atom stereocenters. The van der Waals surface area contributed by atoms with E-state index < -0.39 is 0 Å². The normalized spacial score (nSPS) is 14.8. The van der Waals surface area contributed by atoms with Crippen LogP contribution in [0.5, 0.6) is 0 Å². The van der Waals surface area contributed by atoms with Crippen LogP contribution in [0.4, 0.5) is 5.69 Å². The van der Waals surface area contributed by atoms with E-state index in [2.05, 4.69) is 34.0 Å². The highest BCUT2D eigenvalue weighted by atomic mass is 35.5. The number of carbonyl (C=O) groups excluding carboxylic acids is 1. The highest BCUT2D eigenvalue weighted by Crippen LogP contribution is 2.23. The molecule has 1 aliphatic heterocycles. The van der Waals surface area contributed by atoms with Crippen LogP contribution in [-0.4, -0.2) is 46.8 Å². The van der Waals surface area contributed by atoms with Gasteiger partial charge in [-0.15, -0.1) is 0 Å². The van der Waals surface area contributed by atoms with Gasteiger partial charge in [0.15, 0.2) is 12.4 Å². The van der Waals surface area contributed by atoms with Gasteiger partial charge in [0.1, 0.15) is 5.15 Å². The molecule has 3 rings (SSSR count). The van der Waals surface area contributed by atoms with E-state index in [9.17, 15) is 4.79 Å². The molecule has 0 spiro atoms. The Morgan fingerprint density at radius 1 is 1.24 bits per heavy atom. The minimum absolute atomic E-state index is 0.00806. The number of H-pyrrole nitrogens is 1. The molecular weight excluding hydrogens is 338 g/mol. The topological polar surface area (TPSA) is 55.5 Å². The molecule has 1 aliphatic rings. The number of hydrogen-bond acceptors (Lipinski definition) is 3. The van der Waals surface area contributed by atoms with E-state index in [0.29, 0.717) is 29.5 Å². The second-order valence-electron chi connectivity index (χ2n) is 6.37. The molecule has 0 unspecified atom stereocenters. The van der Waals surface area contributed by atoms with E-state index in [0.717, 1.165) is 32.5 Å². The minimum Gasteiger partial charge on any atom is -0.368 e. The molecule has 134 valence electrons. The van der Waals surface area contributed by atoms with Crippen molar-refractivity contribution < 1.29 is 9.78 Å². The van der Waals surface area contributed by atoms with Crippen LogP contribution in [-0.2, 0) is 6.54 Å². The summed E-state index contributed by atoms with van der Waals surface area (Å²) in [7, 11) is 0. The SMILES string of the molecule is CCCCn1nc(C)c(C(=O)N2CCN(c3cc[nH+]cc3)CC2)c1Cl. The van der Waals surface area contributed by atoms with Crippen molar-refractivity contribution in [2.24, 2.45) is 0 Å². The molecular formula is C18H25ClN5O+. The molecule has 0 aliphatic carbocycles. The van der Waals surface area contributed by atoms with Crippen molar-refractivity contribution in [3.05, 3.63) is 40.9 Å². The number of pyridine rings is 1. The Labute approximate surface area is 153 Å². The first-order valence-corrected chi connectivity index (χ1v) is 9.23. The fourth-order valence-electron chi connectivity index (χ4n) is 3.17. The Bertz CT molecular complexity index is 723. The first-order valence-electron chi connectivity index (χ1n) is 8.85. The van der Waals surface area contributed by atoms with Gasteiger partial charge in [0, 0.05) is 50.5 Å². The van der Waals surface area contributed by atoms with Crippen molar-refractivity contribution in [2.45, 2.75) is 33.2 Å². The fraction of sp³-hybridized carbons (Fsp3) is 0.500. The number of nitrogens with one attached hydrogen (secondary N) is 1. The van der Waals surface area contributed by atoms with E-state index in [1.807, 2.05) is 24.2 Å². The van der Waals surface area contributed by atoms with E-state index in [1.54, 1.807) is 4.68 Å². The van der Waals surface area contributed by atoms with Gasteiger partial charge in [0.25, 0.3) is 5.91 Å². The maximum atomic E-state index is 12.9. The molecule has 2 aromatic rings. The minimum atomic E-state index is -0.00806. The van der Waals surface area contributed by atoms with Crippen LogP contribution < -0.4 is 9.88 Å². The van der Waals surface area contributed by atoms with Crippen molar-refractivity contribution >= 4 is 23.2 Å². The largest absolute Gasteiger partial charge is 0.368 e. The Morgan fingerprint density at radius 3 is 2.56 bits per heavy atom. The van der Waals surface area contributed by atoms with Gasteiger partial charge in [-0.3, -0.25) is 9.48 Å². The number of nitrogens with zero attached hydrogens (tertiary/aromatic N) is 4. The van der Waals surface area contributed by atoms with Gasteiger partial charge < -0.3 is 9.80 Å². The molecule has 7 heteroatoms. The zero-order chi connectivity index (χ0) is 17.8. The number of anilines is 1. The highest BCUT2D eigenvalue weighted by Gasteiger charge is 2.27. The van der Waals surface area contributed by atoms with E-state index in [1.165, 1.54) is 5.69 Å². The van der Waals surface area contributed by atoms with Crippen LogP contribution >= 0.6 is 11.6 Å². The molecule has 6 nitrogen and oxygen atoms in total. The van der Waals surface area contributed by atoms with Crippen LogP contribution in [0, 0.1) is 6.92 Å². The summed E-state index contributed by atoms with van der Waals surface area (Å²) in [6.45, 7) is 7.74. The molecule has 0 aromatic carbocycles. The van der Waals surface area contributed by atoms with Crippen molar-refractivity contribution in [1.29, 1.82) is 0 Å². The van der Waals surface area contributed by atoms with Crippen molar-refractivity contribution in [3.8, 4) is 0 Å². The van der Waals surface area contributed by atoms with Crippen LogP contribution in [0.3, 0.4) is 0 Å². The van der Waals surface area contributed by atoms with Crippen molar-refractivity contribution in [3.63, 3.8) is 0 Å². The number of unbranched alkanes of at least 4 members (excludes halogenated alkanes) is 1. The van der Waals surface area contributed by atoms with Crippen molar-refractivity contribution in [1.82, 2.24) is 14.7 Å². The lowest BCUT2D eigenvalue weighted by molar-refractivity contribution is -0.377. The molecule has 2 aromatic heterocycles. The van der Waals surface area contributed by atoms with Gasteiger partial charge >= 0.3 is 0 Å². The summed E-state index contributed by atoms with van der Waals surface area (Å²) >= 11 is 6.44. The Kier molecular flexibility index (Phi) is 5.58. The summed E-state index contributed by atoms with van der Waals surface area (Å²) in [5.74, 6) is -0.00806. The van der Waals surface area contributed by atoms with Crippen LogP contribution in [0.1, 0.15) is 35.8 Å². The fourth-order valence-corrected chi connectivity index (χ4v) is 3.51. The number of aromatic amines is 1. The third-order valence-electron chi connectivity index (χ3n) is 4.64. The van der Waals surface area contributed by atoms with E-state index in [-0.39, 0.29) is 5.91 Å². The molecule has 0 radical (unpaired) electrons. The average molecular weight is 363 g/mol. The van der Waals surface area contributed by atoms with Crippen LogP contribution in [0.2, 0.25) is 5.15 Å². The third kappa shape index (κ3) is 3.79. The highest BCUT2D eigenvalue weighted by molar-refractivity contribution is 6.33. The van der Waals surface area contributed by atoms with Gasteiger partial charge in [-0.2, -0.15) is 5.10 Å². The Morgan fingerprint density at radius 2 is 1.92 bits per heavy atom. The maximum absolute atomic E-state index is 12.9. The van der Waals surface area contributed by atoms with Gasteiger partial charge in [0.05, 0.1) is 11.3 Å². The second-order valence-corrected chi connectivity index (χ2v) is 6.72. The summed E-state index contributed by atoms with van der Waals surface area (Å²) < 4.78 is 1.75. The molecule has 0 bridgehead atoms. The summed E-state index contributed by atoms with van der Waals surface area (Å²) in [5.41, 5.74) is 2.44. The molecule has 0 saturated carbocycles. The number of carbonyl (C=O) groups is 1. The standard InChI is InChI=1S/C18H24ClN5O/c1-3-4-9-24-17(19)16(14(2)21-24)18(25)23-12-10-22(11-13-23)15-5-7-20-8-6-15/h5-8H,3-4,9-13H2,1-2H3/p+1. The monoisotopic (exact) mass is 362 g/mol. The first-order chi connectivity index (χ1) is 12.1. The molecule has 1 N–H and O–H groups in total. The van der Waals surface area contributed by atoms with Crippen LogP contribution in [0.25, 0.3) is 0 Å². The molecule has 3 heterocycles. The number of piperazine rings is 1. The quantitative estimate of drug-likeness (QED) is 0.820. The molecule has 25 heavy (non-hydrogen) atoms. The Balaban J connectivity index is 1.68. The van der Waals surface area contributed by atoms with Gasteiger partial charge in [0.2, 0.25) is 0 Å². The molecule has 1 amide bonds. The average Bonchev–Trinajstić information content (AvgIpc) is 2.93. The third-order valence-corrected chi connectivity index (χ3v) is 5.02. The molecule has 1 fully saturated rings. The van der Waals surface area contributed by atoms with Gasteiger partial charge in [-0.1, -0.05) is 24.9 Å². The predicted octanol–water partition coefficient (Wildman–Crippen LogP) is 2.42. The number of hydrogen-bond donors (Lipinski definition) is 0. The van der Waals surface area contributed by atoms with Crippen LogP contribution in [0.15, 0.2) is 24.5 Å². The molecule has 1 saturated heterocycles. The lowest BCUT2D eigenvalue weighted by Gasteiger charge is -2.35. The lowest BCUT2D eigenvalue weighted by Crippen LogP contribution is -2.49. The second kappa shape index (κ2) is 7.87. The summed E-state index contributed by atoms with van der Waals surface area (Å²) in [6, 6.07) is 4.10. The van der Waals surface area contributed by atoms with Crippen molar-refractivity contribution in [2.75, 3.05) is 31.1 Å². The van der Waals surface area contributed by atoms with Gasteiger partial charge in [-0.05, 0) is 13.3 Å². The smallest absolute Gasteiger partial charge is 0.259 e. The zero-order valence-electron chi connectivity index (χ0n) is 14.8. The van der Waals surface area contributed by atoms with E-state index in [4.69, 9.17) is 11.6 Å². The zero-order valence-corrected chi connectivity index (χ0v) is 15.6. The number of rotatable bonds is 5. The Hall–Kier alpha value is -2.08. The number of aryl methyl sites for hydroxylation is 2.